The first-order valence-corrected chi connectivity index (χ1v) is 6.52. The SMILES string of the molecule is CCC(CC)CN(CC(=O)OC)C(=O)CCCl. The van der Waals surface area contributed by atoms with E-state index in [1.54, 1.807) is 4.90 Å². The molecule has 0 saturated heterocycles. The molecule has 17 heavy (non-hydrogen) atoms. The number of hydrogen-bond donors (Lipinski definition) is 0. The van der Waals surface area contributed by atoms with Crippen LogP contribution in [-0.2, 0) is 14.3 Å². The van der Waals surface area contributed by atoms with Gasteiger partial charge in [-0.25, -0.2) is 0 Å². The maximum absolute atomic E-state index is 11.8. The molecule has 0 spiro atoms. The lowest BCUT2D eigenvalue weighted by atomic mass is 10.0. The first kappa shape index (κ1) is 16.2. The molecule has 0 N–H and O–H groups in total. The highest BCUT2D eigenvalue weighted by atomic mass is 35.5. The van der Waals surface area contributed by atoms with Gasteiger partial charge < -0.3 is 9.64 Å². The molecule has 0 aliphatic carbocycles. The van der Waals surface area contributed by atoms with Crippen LogP contribution in [0.1, 0.15) is 33.1 Å². The predicted molar refractivity (Wildman–Crippen MR) is 68.0 cm³/mol. The van der Waals surface area contributed by atoms with Crippen LogP contribution in [-0.4, -0.2) is 42.9 Å². The number of nitrogens with zero attached hydrogens (tertiary/aromatic N) is 1. The number of hydrogen-bond acceptors (Lipinski definition) is 3. The van der Waals surface area contributed by atoms with Crippen LogP contribution >= 0.6 is 11.6 Å². The summed E-state index contributed by atoms with van der Waals surface area (Å²) in [6.07, 6.45) is 2.24. The Labute approximate surface area is 108 Å². The van der Waals surface area contributed by atoms with Crippen molar-refractivity contribution in [3.63, 3.8) is 0 Å². The quantitative estimate of drug-likeness (QED) is 0.497. The minimum absolute atomic E-state index is 0.0166. The average Bonchev–Trinajstić information content (AvgIpc) is 2.34. The molecule has 5 heteroatoms. The van der Waals surface area contributed by atoms with E-state index in [-0.39, 0.29) is 30.7 Å². The first-order valence-electron chi connectivity index (χ1n) is 5.99. The van der Waals surface area contributed by atoms with Crippen molar-refractivity contribution in [2.45, 2.75) is 33.1 Å². The zero-order valence-corrected chi connectivity index (χ0v) is 11.6. The number of amides is 1. The van der Waals surface area contributed by atoms with E-state index in [0.717, 1.165) is 12.8 Å². The van der Waals surface area contributed by atoms with E-state index in [1.807, 2.05) is 0 Å². The van der Waals surface area contributed by atoms with E-state index in [0.29, 0.717) is 12.5 Å². The fourth-order valence-corrected chi connectivity index (χ4v) is 1.73. The van der Waals surface area contributed by atoms with Crippen LogP contribution < -0.4 is 0 Å². The Hall–Kier alpha value is -0.770. The maximum Gasteiger partial charge on any atom is 0.325 e. The third-order valence-electron chi connectivity index (χ3n) is 2.84. The monoisotopic (exact) mass is 263 g/mol. The summed E-state index contributed by atoms with van der Waals surface area (Å²) in [5, 5.41) is 0. The summed E-state index contributed by atoms with van der Waals surface area (Å²) in [4.78, 5) is 24.6. The van der Waals surface area contributed by atoms with Gasteiger partial charge in [0.05, 0.1) is 7.11 Å². The smallest absolute Gasteiger partial charge is 0.325 e. The van der Waals surface area contributed by atoms with Crippen molar-refractivity contribution in [1.29, 1.82) is 0 Å². The molecular weight excluding hydrogens is 242 g/mol. The summed E-state index contributed by atoms with van der Waals surface area (Å²) < 4.78 is 4.59. The van der Waals surface area contributed by atoms with Gasteiger partial charge in [0, 0.05) is 18.8 Å². The van der Waals surface area contributed by atoms with E-state index >= 15 is 0 Å². The topological polar surface area (TPSA) is 46.6 Å². The van der Waals surface area contributed by atoms with Crippen molar-refractivity contribution < 1.29 is 14.3 Å². The van der Waals surface area contributed by atoms with Crippen LogP contribution in [0.5, 0.6) is 0 Å². The lowest BCUT2D eigenvalue weighted by molar-refractivity contribution is -0.147. The summed E-state index contributed by atoms with van der Waals surface area (Å²) in [7, 11) is 1.32. The van der Waals surface area contributed by atoms with Crippen LogP contribution in [0.2, 0.25) is 0 Å². The first-order chi connectivity index (χ1) is 8.08. The molecule has 0 aromatic rings. The lowest BCUT2D eigenvalue weighted by Crippen LogP contribution is -2.39. The molecule has 0 aliphatic heterocycles. The van der Waals surface area contributed by atoms with E-state index in [4.69, 9.17) is 11.6 Å². The third-order valence-corrected chi connectivity index (χ3v) is 3.03. The number of alkyl halides is 1. The van der Waals surface area contributed by atoms with Crippen LogP contribution in [0, 0.1) is 5.92 Å². The average molecular weight is 264 g/mol. The Balaban J connectivity index is 4.48. The van der Waals surface area contributed by atoms with Gasteiger partial charge in [0.2, 0.25) is 5.91 Å². The molecule has 1 amide bonds. The highest BCUT2D eigenvalue weighted by Crippen LogP contribution is 2.11. The van der Waals surface area contributed by atoms with E-state index in [2.05, 4.69) is 18.6 Å². The molecule has 0 aliphatic rings. The largest absolute Gasteiger partial charge is 0.468 e. The molecule has 4 nitrogen and oxygen atoms in total. The Bertz CT molecular complexity index is 242. The molecule has 0 unspecified atom stereocenters. The van der Waals surface area contributed by atoms with Gasteiger partial charge in [0.15, 0.2) is 0 Å². The second-order valence-corrected chi connectivity index (χ2v) is 4.35. The highest BCUT2D eigenvalue weighted by Gasteiger charge is 2.19. The molecule has 0 bridgehead atoms. The van der Waals surface area contributed by atoms with Gasteiger partial charge >= 0.3 is 5.97 Å². The minimum atomic E-state index is -0.390. The van der Waals surface area contributed by atoms with Gasteiger partial charge in [-0.3, -0.25) is 9.59 Å². The normalized spacial score (nSPS) is 10.4. The number of halogens is 1. The fraction of sp³-hybridized carbons (Fsp3) is 0.833. The lowest BCUT2D eigenvalue weighted by Gasteiger charge is -2.25. The number of methoxy groups -OCH3 is 1. The van der Waals surface area contributed by atoms with E-state index in [1.165, 1.54) is 7.11 Å². The van der Waals surface area contributed by atoms with Crippen molar-refractivity contribution in [3.05, 3.63) is 0 Å². The summed E-state index contributed by atoms with van der Waals surface area (Å²) in [5.41, 5.74) is 0. The molecule has 0 aromatic carbocycles. The summed E-state index contributed by atoms with van der Waals surface area (Å²) in [6, 6.07) is 0. The zero-order chi connectivity index (χ0) is 13.3. The highest BCUT2D eigenvalue weighted by molar-refractivity contribution is 6.18. The van der Waals surface area contributed by atoms with Crippen molar-refractivity contribution in [2.75, 3.05) is 26.1 Å². The molecule has 0 saturated carbocycles. The van der Waals surface area contributed by atoms with E-state index < -0.39 is 0 Å². The Morgan fingerprint density at radius 2 is 1.88 bits per heavy atom. The standard InChI is InChI=1S/C12H22ClNO3/c1-4-10(5-2)8-14(9-12(16)17-3)11(15)6-7-13/h10H,4-9H2,1-3H3. The zero-order valence-electron chi connectivity index (χ0n) is 10.9. The molecule has 100 valence electrons. The molecule has 0 heterocycles. The van der Waals surface area contributed by atoms with Crippen LogP contribution in [0.3, 0.4) is 0 Å². The molecule has 0 atom stereocenters. The van der Waals surface area contributed by atoms with Crippen molar-refractivity contribution in [2.24, 2.45) is 5.92 Å². The van der Waals surface area contributed by atoms with Gasteiger partial charge in [-0.15, -0.1) is 11.6 Å². The number of rotatable bonds is 8. The predicted octanol–water partition coefficient (Wildman–Crippen LogP) is 2.05. The van der Waals surface area contributed by atoms with Crippen molar-refractivity contribution in [1.82, 2.24) is 4.90 Å². The molecular formula is C12H22ClNO3. The Morgan fingerprint density at radius 1 is 1.29 bits per heavy atom. The summed E-state index contributed by atoms with van der Waals surface area (Å²) in [5.74, 6) is 0.217. The van der Waals surface area contributed by atoms with Crippen molar-refractivity contribution in [3.8, 4) is 0 Å². The minimum Gasteiger partial charge on any atom is -0.468 e. The van der Waals surface area contributed by atoms with Gasteiger partial charge in [0.1, 0.15) is 6.54 Å². The molecule has 0 aromatic heterocycles. The Morgan fingerprint density at radius 3 is 2.29 bits per heavy atom. The molecule has 0 fully saturated rings. The maximum atomic E-state index is 11.8. The molecule has 0 rings (SSSR count). The van der Waals surface area contributed by atoms with Gasteiger partial charge in [-0.2, -0.15) is 0 Å². The number of carbonyl (C=O) groups is 2. The van der Waals surface area contributed by atoms with Crippen LogP contribution in [0.15, 0.2) is 0 Å². The third kappa shape index (κ3) is 6.51. The van der Waals surface area contributed by atoms with Gasteiger partial charge in [0.25, 0.3) is 0 Å². The number of esters is 1. The van der Waals surface area contributed by atoms with Crippen molar-refractivity contribution >= 4 is 23.5 Å². The van der Waals surface area contributed by atoms with Crippen LogP contribution in [0.25, 0.3) is 0 Å². The van der Waals surface area contributed by atoms with E-state index in [9.17, 15) is 9.59 Å². The second kappa shape index (κ2) is 9.28. The number of carbonyl (C=O) groups excluding carboxylic acids is 2. The summed E-state index contributed by atoms with van der Waals surface area (Å²) >= 11 is 5.55. The van der Waals surface area contributed by atoms with Gasteiger partial charge in [-0.1, -0.05) is 26.7 Å². The van der Waals surface area contributed by atoms with Gasteiger partial charge in [-0.05, 0) is 5.92 Å². The molecule has 0 radical (unpaired) electrons. The van der Waals surface area contributed by atoms with Crippen LogP contribution in [0.4, 0.5) is 0 Å². The number of ether oxygens (including phenoxy) is 1. The second-order valence-electron chi connectivity index (χ2n) is 3.97. The fourth-order valence-electron chi connectivity index (χ4n) is 1.57. The summed E-state index contributed by atoms with van der Waals surface area (Å²) in [6.45, 7) is 4.77. The Kier molecular flexibility index (Phi) is 8.86.